The van der Waals surface area contributed by atoms with Crippen molar-refractivity contribution in [1.29, 1.82) is 0 Å². The molecule has 0 saturated carbocycles. The van der Waals surface area contributed by atoms with E-state index in [-0.39, 0.29) is 25.2 Å². The molecule has 0 aliphatic carbocycles. The van der Waals surface area contributed by atoms with E-state index in [4.69, 9.17) is 4.74 Å². The number of rotatable bonds is 9. The number of carbonyl (C=O) groups excluding carboxylic acids is 5. The van der Waals surface area contributed by atoms with E-state index in [1.165, 1.54) is 24.3 Å². The molecule has 0 radical (unpaired) electrons. The van der Waals surface area contributed by atoms with Crippen LogP contribution >= 0.6 is 0 Å². The molecule has 0 aromatic heterocycles. The van der Waals surface area contributed by atoms with Crippen molar-refractivity contribution in [3.8, 4) is 5.75 Å². The number of hydrogen-bond acceptors (Lipinski definition) is 7. The molecule has 0 bridgehead atoms. The van der Waals surface area contributed by atoms with Gasteiger partial charge in [0.25, 0.3) is 0 Å². The van der Waals surface area contributed by atoms with Crippen LogP contribution in [0.5, 0.6) is 5.75 Å². The molecule has 244 valence electrons. The van der Waals surface area contributed by atoms with Crippen molar-refractivity contribution >= 4 is 29.5 Å². The minimum atomic E-state index is -1.39. The normalized spacial score (nSPS) is 21.8. The summed E-state index contributed by atoms with van der Waals surface area (Å²) in [6.45, 7) is 2.97. The minimum Gasteiger partial charge on any atom is -0.497 e. The molecule has 1 fully saturated rings. The van der Waals surface area contributed by atoms with E-state index in [0.29, 0.717) is 24.9 Å². The Labute approximate surface area is 261 Å². The number of benzene rings is 2. The van der Waals surface area contributed by atoms with Crippen LogP contribution < -0.4 is 31.3 Å². The molecule has 12 nitrogen and oxygen atoms in total. The lowest BCUT2D eigenvalue weighted by atomic mass is 10.0. The first-order valence-corrected chi connectivity index (χ1v) is 15.0. The van der Waals surface area contributed by atoms with Gasteiger partial charge in [0.15, 0.2) is 0 Å². The Morgan fingerprint density at radius 3 is 2.40 bits per heavy atom. The monoisotopic (exact) mass is 627 g/mol. The van der Waals surface area contributed by atoms with Crippen LogP contribution in [-0.4, -0.2) is 73.0 Å². The summed E-state index contributed by atoms with van der Waals surface area (Å²) >= 11 is 0. The van der Waals surface area contributed by atoms with Crippen LogP contribution in [0, 0.1) is 11.7 Å². The van der Waals surface area contributed by atoms with Crippen LogP contribution in [0.25, 0.3) is 0 Å². The van der Waals surface area contributed by atoms with Gasteiger partial charge in [-0.25, -0.2) is 4.39 Å². The highest BCUT2D eigenvalue weighted by molar-refractivity contribution is 5.93. The van der Waals surface area contributed by atoms with Crippen LogP contribution in [0.4, 0.5) is 4.39 Å². The molecule has 1 heterocycles. The summed E-state index contributed by atoms with van der Waals surface area (Å²) in [5.74, 6) is -3.27. The predicted molar refractivity (Wildman–Crippen MR) is 163 cm³/mol. The molecular weight excluding hydrogens is 585 g/mol. The van der Waals surface area contributed by atoms with Crippen molar-refractivity contribution in [1.82, 2.24) is 26.6 Å². The van der Waals surface area contributed by atoms with Gasteiger partial charge in [0.1, 0.15) is 29.7 Å². The number of carbonyl (C=O) groups is 5. The molecule has 1 aliphatic rings. The van der Waals surface area contributed by atoms with Crippen molar-refractivity contribution in [3.05, 3.63) is 65.5 Å². The molecule has 1 saturated heterocycles. The number of amides is 5. The topological polar surface area (TPSA) is 175 Å². The quantitative estimate of drug-likeness (QED) is 0.225. The second-order valence-corrected chi connectivity index (χ2v) is 11.3. The third-order valence-corrected chi connectivity index (χ3v) is 7.45. The van der Waals surface area contributed by atoms with Crippen molar-refractivity contribution in [3.63, 3.8) is 0 Å². The molecular formula is C32H42FN5O7. The zero-order valence-corrected chi connectivity index (χ0v) is 25.7. The fourth-order valence-electron chi connectivity index (χ4n) is 4.89. The Hall–Kier alpha value is -4.52. The Kier molecular flexibility index (Phi) is 13.3. The molecule has 0 spiro atoms. The smallest absolute Gasteiger partial charge is 0.245 e. The maximum absolute atomic E-state index is 13.7. The summed E-state index contributed by atoms with van der Waals surface area (Å²) in [6, 6.07) is 8.23. The fourth-order valence-corrected chi connectivity index (χ4v) is 4.89. The molecule has 6 N–H and O–H groups in total. The summed E-state index contributed by atoms with van der Waals surface area (Å²) in [6.07, 6.45) is 0.697. The maximum atomic E-state index is 13.7. The van der Waals surface area contributed by atoms with Gasteiger partial charge in [-0.05, 0) is 60.6 Å². The van der Waals surface area contributed by atoms with Gasteiger partial charge in [-0.2, -0.15) is 0 Å². The fraction of sp³-hybridized carbons (Fsp3) is 0.469. The SMILES string of the molecule is COc1cccc(CCCNC(=O)[C@@H]2CCC(=O)N[C@H](C(C)C)C(=O)N[C@@H](CO)C(=O)N[C@@H](c3ccc(F)cc3)CC(=O)N2)c1. The first kappa shape index (κ1) is 35.0. The van der Waals surface area contributed by atoms with E-state index < -0.39 is 66.1 Å². The molecule has 1 aliphatic heterocycles. The largest absolute Gasteiger partial charge is 0.497 e. The molecule has 45 heavy (non-hydrogen) atoms. The Balaban J connectivity index is 1.80. The van der Waals surface area contributed by atoms with Crippen molar-refractivity contribution < 1.29 is 38.2 Å². The van der Waals surface area contributed by atoms with E-state index in [2.05, 4.69) is 26.6 Å². The number of nitrogens with one attached hydrogen (secondary N) is 5. The summed E-state index contributed by atoms with van der Waals surface area (Å²) in [4.78, 5) is 65.5. The molecule has 13 heteroatoms. The highest BCUT2D eigenvalue weighted by Gasteiger charge is 2.32. The van der Waals surface area contributed by atoms with Crippen LogP contribution in [0.1, 0.15) is 56.7 Å². The lowest BCUT2D eigenvalue weighted by Gasteiger charge is -2.26. The highest BCUT2D eigenvalue weighted by Crippen LogP contribution is 2.19. The van der Waals surface area contributed by atoms with Gasteiger partial charge >= 0.3 is 0 Å². The van der Waals surface area contributed by atoms with Crippen LogP contribution in [0.2, 0.25) is 0 Å². The van der Waals surface area contributed by atoms with Crippen LogP contribution in [0.15, 0.2) is 48.5 Å². The van der Waals surface area contributed by atoms with Crippen molar-refractivity contribution in [2.45, 2.75) is 70.1 Å². The van der Waals surface area contributed by atoms with E-state index in [1.807, 2.05) is 24.3 Å². The van der Waals surface area contributed by atoms with Crippen LogP contribution in [0.3, 0.4) is 0 Å². The van der Waals surface area contributed by atoms with Gasteiger partial charge in [-0.1, -0.05) is 38.1 Å². The standard InChI is InChI=1S/C32H42FN5O7/c1-19(2)29-32(44)37-26(18-39)31(43)36-25(21-9-11-22(33)12-10-21)17-28(41)35-24(13-14-27(40)38-29)30(42)34-15-5-7-20-6-4-8-23(16-20)45-3/h4,6,8-12,16,19,24-26,29,39H,5,7,13-15,17-18H2,1-3H3,(H,34,42)(H,35,41)(H,36,43)(H,37,44)(H,38,40)/t24-,25+,26-,29+/m0/s1. The molecule has 4 atom stereocenters. The second-order valence-electron chi connectivity index (χ2n) is 11.3. The summed E-state index contributed by atoms with van der Waals surface area (Å²) in [7, 11) is 1.58. The summed E-state index contributed by atoms with van der Waals surface area (Å²) in [5, 5.41) is 23.1. The zero-order valence-electron chi connectivity index (χ0n) is 25.7. The van der Waals surface area contributed by atoms with Crippen molar-refractivity contribution in [2.24, 2.45) is 5.92 Å². The van der Waals surface area contributed by atoms with Gasteiger partial charge in [0.2, 0.25) is 29.5 Å². The molecule has 5 amide bonds. The molecule has 2 aromatic rings. The Bertz CT molecular complexity index is 1340. The van der Waals surface area contributed by atoms with E-state index in [9.17, 15) is 33.5 Å². The zero-order chi connectivity index (χ0) is 32.9. The Morgan fingerprint density at radius 2 is 1.73 bits per heavy atom. The van der Waals surface area contributed by atoms with E-state index >= 15 is 0 Å². The number of ether oxygens (including phenoxy) is 1. The third-order valence-electron chi connectivity index (χ3n) is 7.45. The van der Waals surface area contributed by atoms with Crippen LogP contribution in [-0.2, 0) is 30.4 Å². The maximum Gasteiger partial charge on any atom is 0.245 e. The van der Waals surface area contributed by atoms with Gasteiger partial charge in [0, 0.05) is 13.0 Å². The highest BCUT2D eigenvalue weighted by atomic mass is 19.1. The molecule has 2 aromatic carbocycles. The number of aliphatic hydroxyl groups excluding tert-OH is 1. The number of methoxy groups -OCH3 is 1. The van der Waals surface area contributed by atoms with Gasteiger partial charge in [0.05, 0.1) is 26.2 Å². The van der Waals surface area contributed by atoms with Crippen molar-refractivity contribution in [2.75, 3.05) is 20.3 Å². The molecule has 0 unspecified atom stereocenters. The summed E-state index contributed by atoms with van der Waals surface area (Å²) < 4.78 is 18.9. The molecule has 3 rings (SSSR count). The Morgan fingerprint density at radius 1 is 1.00 bits per heavy atom. The van der Waals surface area contributed by atoms with E-state index in [0.717, 1.165) is 11.3 Å². The number of aliphatic hydroxyl groups is 1. The first-order chi connectivity index (χ1) is 21.5. The van der Waals surface area contributed by atoms with Gasteiger partial charge in [-0.3, -0.25) is 24.0 Å². The van der Waals surface area contributed by atoms with E-state index in [1.54, 1.807) is 21.0 Å². The van der Waals surface area contributed by atoms with Gasteiger partial charge < -0.3 is 36.4 Å². The van der Waals surface area contributed by atoms with Gasteiger partial charge in [-0.15, -0.1) is 0 Å². The third kappa shape index (κ3) is 10.9. The first-order valence-electron chi connectivity index (χ1n) is 15.0. The number of aryl methyl sites for hydroxylation is 1. The number of halogens is 1. The summed E-state index contributed by atoms with van der Waals surface area (Å²) in [5.41, 5.74) is 1.42. The minimum absolute atomic E-state index is 0.0570. The average Bonchev–Trinajstić information content (AvgIpc) is 3.02. The lowest BCUT2D eigenvalue weighted by Crippen LogP contribution is -2.56. The lowest BCUT2D eigenvalue weighted by molar-refractivity contribution is -0.134. The average molecular weight is 628 g/mol. The second kappa shape index (κ2) is 17.1. The predicted octanol–water partition coefficient (Wildman–Crippen LogP) is 1.03. The number of hydrogen-bond donors (Lipinski definition) is 6.